The molecule has 0 radical (unpaired) electrons. The molecule has 0 saturated heterocycles. The van der Waals surface area contributed by atoms with Crippen LogP contribution in [0.4, 0.5) is 4.39 Å². The molecule has 1 aromatic heterocycles. The lowest BCUT2D eigenvalue weighted by atomic mass is 10.1. The molecule has 0 fully saturated rings. The van der Waals surface area contributed by atoms with E-state index in [9.17, 15) is 4.39 Å². The highest BCUT2D eigenvalue weighted by Gasteiger charge is 2.07. The second-order valence-corrected chi connectivity index (χ2v) is 5.46. The summed E-state index contributed by atoms with van der Waals surface area (Å²) in [5.74, 6) is -0.210. The maximum absolute atomic E-state index is 13.1. The maximum atomic E-state index is 13.1. The number of hydrogen-bond acceptors (Lipinski definition) is 2. The molecule has 0 N–H and O–H groups in total. The minimum absolute atomic E-state index is 0.210. The largest absolute Gasteiger partial charge is 0.236 e. The number of hydrogen-bond donors (Lipinski definition) is 0. The molecule has 3 rings (SSSR count). The van der Waals surface area contributed by atoms with Crippen molar-refractivity contribution in [2.75, 3.05) is 0 Å². The molecule has 0 aliphatic rings. The van der Waals surface area contributed by atoms with Crippen LogP contribution in [0.5, 0.6) is 0 Å². The van der Waals surface area contributed by atoms with Crippen LogP contribution < -0.4 is 0 Å². The first-order valence-corrected chi connectivity index (χ1v) is 6.59. The van der Waals surface area contributed by atoms with Crippen LogP contribution in [-0.4, -0.2) is 4.98 Å². The van der Waals surface area contributed by atoms with E-state index >= 15 is 0 Å². The lowest BCUT2D eigenvalue weighted by Gasteiger charge is -2.01. The summed E-state index contributed by atoms with van der Waals surface area (Å²) in [5.41, 5.74) is 4.47. The molecule has 0 saturated carbocycles. The fourth-order valence-corrected chi connectivity index (χ4v) is 2.88. The van der Waals surface area contributed by atoms with Crippen molar-refractivity contribution >= 4 is 21.6 Å². The van der Waals surface area contributed by atoms with Gasteiger partial charge in [-0.2, -0.15) is 0 Å². The molecule has 0 amide bonds. The highest BCUT2D eigenvalue weighted by molar-refractivity contribution is 7.21. The molecule has 0 spiro atoms. The molecular formula is C15H12FNS. The lowest BCUT2D eigenvalue weighted by molar-refractivity contribution is 0.630. The fourth-order valence-electron chi connectivity index (χ4n) is 1.90. The summed E-state index contributed by atoms with van der Waals surface area (Å²) in [6, 6.07) is 11.0. The van der Waals surface area contributed by atoms with Crippen LogP contribution in [0.1, 0.15) is 11.1 Å². The van der Waals surface area contributed by atoms with Crippen molar-refractivity contribution in [3.8, 4) is 10.6 Å². The Morgan fingerprint density at radius 1 is 1.00 bits per heavy atom. The molecule has 18 heavy (non-hydrogen) atoms. The van der Waals surface area contributed by atoms with Crippen LogP contribution in [0.2, 0.25) is 0 Å². The van der Waals surface area contributed by atoms with Gasteiger partial charge in [0.2, 0.25) is 0 Å². The SMILES string of the molecule is Cc1ccc(-c2nc3ccc(F)cc3s2)cc1C. The van der Waals surface area contributed by atoms with Gasteiger partial charge < -0.3 is 0 Å². The van der Waals surface area contributed by atoms with E-state index < -0.39 is 0 Å². The van der Waals surface area contributed by atoms with Gasteiger partial charge in [0.1, 0.15) is 10.8 Å². The normalized spacial score (nSPS) is 11.1. The topological polar surface area (TPSA) is 12.9 Å². The quantitative estimate of drug-likeness (QED) is 0.614. The van der Waals surface area contributed by atoms with E-state index in [4.69, 9.17) is 0 Å². The van der Waals surface area contributed by atoms with Gasteiger partial charge in [-0.05, 0) is 49.2 Å². The molecule has 1 nitrogen and oxygen atoms in total. The molecule has 0 atom stereocenters. The zero-order valence-electron chi connectivity index (χ0n) is 10.2. The average molecular weight is 257 g/mol. The van der Waals surface area contributed by atoms with Gasteiger partial charge in [-0.3, -0.25) is 0 Å². The molecule has 3 heteroatoms. The second kappa shape index (κ2) is 4.18. The Balaban J connectivity index is 2.16. The Bertz CT molecular complexity index is 730. The van der Waals surface area contributed by atoms with Crippen molar-refractivity contribution in [2.45, 2.75) is 13.8 Å². The summed E-state index contributed by atoms with van der Waals surface area (Å²) in [5, 5.41) is 0.943. The van der Waals surface area contributed by atoms with E-state index in [-0.39, 0.29) is 5.82 Å². The van der Waals surface area contributed by atoms with Crippen molar-refractivity contribution in [1.29, 1.82) is 0 Å². The highest BCUT2D eigenvalue weighted by Crippen LogP contribution is 2.31. The third kappa shape index (κ3) is 1.91. The van der Waals surface area contributed by atoms with Crippen molar-refractivity contribution < 1.29 is 4.39 Å². The predicted molar refractivity (Wildman–Crippen MR) is 74.5 cm³/mol. The summed E-state index contributed by atoms with van der Waals surface area (Å²) in [6.07, 6.45) is 0. The van der Waals surface area contributed by atoms with E-state index in [0.29, 0.717) is 0 Å². The van der Waals surface area contributed by atoms with Gasteiger partial charge in [0.15, 0.2) is 0 Å². The summed E-state index contributed by atoms with van der Waals surface area (Å²) < 4.78 is 14.0. The molecule has 0 unspecified atom stereocenters. The summed E-state index contributed by atoms with van der Waals surface area (Å²) in [6.45, 7) is 4.18. The van der Waals surface area contributed by atoms with Crippen molar-refractivity contribution in [3.63, 3.8) is 0 Å². The molecule has 2 aromatic carbocycles. The van der Waals surface area contributed by atoms with Gasteiger partial charge in [0.25, 0.3) is 0 Å². The summed E-state index contributed by atoms with van der Waals surface area (Å²) in [4.78, 5) is 4.55. The highest BCUT2D eigenvalue weighted by atomic mass is 32.1. The minimum atomic E-state index is -0.210. The first kappa shape index (κ1) is 11.4. The van der Waals surface area contributed by atoms with Gasteiger partial charge in [-0.15, -0.1) is 11.3 Å². The number of benzene rings is 2. The third-order valence-electron chi connectivity index (χ3n) is 3.10. The van der Waals surface area contributed by atoms with E-state index in [1.54, 1.807) is 6.07 Å². The zero-order valence-corrected chi connectivity index (χ0v) is 11.0. The fraction of sp³-hybridized carbons (Fsp3) is 0.133. The number of aryl methyl sites for hydroxylation is 2. The average Bonchev–Trinajstić information content (AvgIpc) is 2.75. The van der Waals surface area contributed by atoms with Crippen molar-refractivity contribution in [2.24, 2.45) is 0 Å². The molecule has 0 aliphatic carbocycles. The van der Waals surface area contributed by atoms with Crippen LogP contribution in [0, 0.1) is 19.7 Å². The number of nitrogens with zero attached hydrogens (tertiary/aromatic N) is 1. The van der Waals surface area contributed by atoms with Crippen molar-refractivity contribution in [1.82, 2.24) is 4.98 Å². The Kier molecular flexibility index (Phi) is 2.63. The van der Waals surface area contributed by atoms with Gasteiger partial charge in [-0.25, -0.2) is 9.37 Å². The Labute approximate surface area is 109 Å². The first-order chi connectivity index (χ1) is 8.63. The zero-order chi connectivity index (χ0) is 12.7. The number of aromatic nitrogens is 1. The molecular weight excluding hydrogens is 245 g/mol. The molecule has 0 bridgehead atoms. The standard InChI is InChI=1S/C15H12FNS/c1-9-3-4-11(7-10(9)2)15-17-13-6-5-12(16)8-14(13)18-15/h3-8H,1-2H3. The number of thiazole rings is 1. The number of rotatable bonds is 1. The lowest BCUT2D eigenvalue weighted by Crippen LogP contribution is -1.82. The van der Waals surface area contributed by atoms with Gasteiger partial charge in [0, 0.05) is 5.56 Å². The Hall–Kier alpha value is -1.74. The van der Waals surface area contributed by atoms with E-state index in [1.807, 2.05) is 0 Å². The van der Waals surface area contributed by atoms with Crippen molar-refractivity contribution in [3.05, 3.63) is 53.3 Å². The molecule has 1 heterocycles. The van der Waals surface area contributed by atoms with E-state index in [1.165, 1.54) is 34.6 Å². The van der Waals surface area contributed by atoms with E-state index in [2.05, 4.69) is 37.0 Å². The van der Waals surface area contributed by atoms with Crippen LogP contribution in [0.15, 0.2) is 36.4 Å². The van der Waals surface area contributed by atoms with Crippen LogP contribution >= 0.6 is 11.3 Å². The van der Waals surface area contributed by atoms with Gasteiger partial charge in [0.05, 0.1) is 10.2 Å². The van der Waals surface area contributed by atoms with Crippen LogP contribution in [0.25, 0.3) is 20.8 Å². The second-order valence-electron chi connectivity index (χ2n) is 4.43. The maximum Gasteiger partial charge on any atom is 0.124 e. The minimum Gasteiger partial charge on any atom is -0.236 e. The Morgan fingerprint density at radius 2 is 1.83 bits per heavy atom. The third-order valence-corrected chi connectivity index (χ3v) is 4.17. The molecule has 90 valence electrons. The Morgan fingerprint density at radius 3 is 2.61 bits per heavy atom. The first-order valence-electron chi connectivity index (χ1n) is 5.77. The van der Waals surface area contributed by atoms with E-state index in [0.717, 1.165) is 20.8 Å². The van der Waals surface area contributed by atoms with Crippen LogP contribution in [0.3, 0.4) is 0 Å². The molecule has 0 aliphatic heterocycles. The predicted octanol–water partition coefficient (Wildman–Crippen LogP) is 4.72. The number of halogens is 1. The number of fused-ring (bicyclic) bond motifs is 1. The summed E-state index contributed by atoms with van der Waals surface area (Å²) in [7, 11) is 0. The van der Waals surface area contributed by atoms with Gasteiger partial charge >= 0.3 is 0 Å². The smallest absolute Gasteiger partial charge is 0.124 e. The van der Waals surface area contributed by atoms with Gasteiger partial charge in [-0.1, -0.05) is 12.1 Å². The summed E-state index contributed by atoms with van der Waals surface area (Å²) >= 11 is 1.53. The van der Waals surface area contributed by atoms with Crippen LogP contribution in [-0.2, 0) is 0 Å². The molecule has 3 aromatic rings. The monoisotopic (exact) mass is 257 g/mol.